The molecule has 7 nitrogen and oxygen atoms in total. The molecule has 2 N–H and O–H groups in total. The summed E-state index contributed by atoms with van der Waals surface area (Å²) in [5, 5.41) is 15.4. The minimum absolute atomic E-state index is 0.0731. The van der Waals surface area contributed by atoms with Gasteiger partial charge in [-0.1, -0.05) is 12.1 Å². The van der Waals surface area contributed by atoms with E-state index in [1.807, 2.05) is 6.07 Å². The van der Waals surface area contributed by atoms with Gasteiger partial charge in [0.1, 0.15) is 12.7 Å². The van der Waals surface area contributed by atoms with Gasteiger partial charge in [0.25, 0.3) is 0 Å². The first-order valence-electron chi connectivity index (χ1n) is 6.56. The number of nitrogens with zero attached hydrogens (tertiary/aromatic N) is 3. The molecular weight excluding hydrogens is 272 g/mol. The first kappa shape index (κ1) is 14.7. The number of aromatic nitrogens is 3. The van der Waals surface area contributed by atoms with E-state index in [9.17, 15) is 9.59 Å². The Kier molecular flexibility index (Phi) is 5.03. The van der Waals surface area contributed by atoms with Crippen LogP contribution in [0.3, 0.4) is 0 Å². The molecule has 0 fully saturated rings. The van der Waals surface area contributed by atoms with Crippen LogP contribution < -0.4 is 5.32 Å². The minimum Gasteiger partial charge on any atom is -0.481 e. The van der Waals surface area contributed by atoms with Crippen molar-refractivity contribution in [1.29, 1.82) is 0 Å². The van der Waals surface area contributed by atoms with Gasteiger partial charge in [0.05, 0.1) is 6.54 Å². The number of aryl methyl sites for hydroxylation is 2. The van der Waals surface area contributed by atoms with E-state index in [1.165, 1.54) is 6.33 Å². The number of rotatable bonds is 7. The zero-order valence-corrected chi connectivity index (χ0v) is 11.4. The molecule has 0 spiro atoms. The van der Waals surface area contributed by atoms with Gasteiger partial charge in [0, 0.05) is 18.5 Å². The van der Waals surface area contributed by atoms with Crippen molar-refractivity contribution < 1.29 is 14.7 Å². The number of hydrogen-bond donors (Lipinski definition) is 2. The fourth-order valence-electron chi connectivity index (χ4n) is 1.84. The number of hydrogen-bond acceptors (Lipinski definition) is 4. The first-order chi connectivity index (χ1) is 10.1. The summed E-state index contributed by atoms with van der Waals surface area (Å²) in [5.41, 5.74) is 1.55. The van der Waals surface area contributed by atoms with Crippen molar-refractivity contribution in [3.63, 3.8) is 0 Å². The lowest BCUT2D eigenvalue weighted by Crippen LogP contribution is -2.14. The molecule has 7 heteroatoms. The Hall–Kier alpha value is -2.70. The van der Waals surface area contributed by atoms with Gasteiger partial charge in [0.2, 0.25) is 5.91 Å². The van der Waals surface area contributed by atoms with Crippen molar-refractivity contribution in [2.24, 2.45) is 0 Å². The topological polar surface area (TPSA) is 97.1 Å². The molecule has 1 amide bonds. The first-order valence-corrected chi connectivity index (χ1v) is 6.56. The second-order valence-corrected chi connectivity index (χ2v) is 4.55. The molecule has 0 aliphatic carbocycles. The fraction of sp³-hybridized carbons (Fsp3) is 0.286. The Labute approximate surface area is 121 Å². The summed E-state index contributed by atoms with van der Waals surface area (Å²) in [7, 11) is 0. The number of carbonyl (C=O) groups is 2. The minimum atomic E-state index is -0.836. The molecule has 0 aliphatic rings. The smallest absolute Gasteiger partial charge is 0.303 e. The normalized spacial score (nSPS) is 10.3. The average Bonchev–Trinajstić information content (AvgIpc) is 2.97. The molecule has 0 aliphatic heterocycles. The lowest BCUT2D eigenvalue weighted by atomic mass is 10.1. The standard InChI is InChI=1S/C14H16N4O3/c19-13(6-7-18-10-15-9-16-18)17-12-3-1-2-11(8-12)4-5-14(20)21/h1-3,8-10H,4-7H2,(H,17,19)(H,20,21). The van der Waals surface area contributed by atoms with E-state index in [0.29, 0.717) is 25.1 Å². The Balaban J connectivity index is 1.85. The lowest BCUT2D eigenvalue weighted by Gasteiger charge is -2.07. The molecular formula is C14H16N4O3. The number of nitrogens with one attached hydrogen (secondary N) is 1. The maximum Gasteiger partial charge on any atom is 0.303 e. The van der Waals surface area contributed by atoms with Gasteiger partial charge >= 0.3 is 5.97 Å². The average molecular weight is 288 g/mol. The Bertz CT molecular complexity index is 610. The molecule has 1 aromatic heterocycles. The van der Waals surface area contributed by atoms with Gasteiger partial charge in [-0.2, -0.15) is 5.10 Å². The Morgan fingerprint density at radius 3 is 2.86 bits per heavy atom. The van der Waals surface area contributed by atoms with Crippen LogP contribution in [0.4, 0.5) is 5.69 Å². The zero-order valence-electron chi connectivity index (χ0n) is 11.4. The second-order valence-electron chi connectivity index (χ2n) is 4.55. The van der Waals surface area contributed by atoms with Crippen molar-refractivity contribution >= 4 is 17.6 Å². The van der Waals surface area contributed by atoms with E-state index in [1.54, 1.807) is 29.2 Å². The van der Waals surface area contributed by atoms with Gasteiger partial charge in [-0.15, -0.1) is 0 Å². The van der Waals surface area contributed by atoms with E-state index in [4.69, 9.17) is 5.11 Å². The van der Waals surface area contributed by atoms with Crippen LogP contribution in [-0.2, 0) is 22.6 Å². The summed E-state index contributed by atoms with van der Waals surface area (Å²) >= 11 is 0. The maximum atomic E-state index is 11.8. The highest BCUT2D eigenvalue weighted by Gasteiger charge is 2.05. The summed E-state index contributed by atoms with van der Waals surface area (Å²) in [5.74, 6) is -0.960. The van der Waals surface area contributed by atoms with Crippen LogP contribution in [0.25, 0.3) is 0 Å². The number of carboxylic acids is 1. The number of carbonyl (C=O) groups excluding carboxylic acids is 1. The summed E-state index contributed by atoms with van der Waals surface area (Å²) in [6, 6.07) is 7.20. The van der Waals surface area contributed by atoms with Crippen LogP contribution in [0.2, 0.25) is 0 Å². The number of anilines is 1. The summed E-state index contributed by atoms with van der Waals surface area (Å²) in [6.07, 6.45) is 3.79. The third-order valence-corrected chi connectivity index (χ3v) is 2.87. The zero-order chi connectivity index (χ0) is 15.1. The van der Waals surface area contributed by atoms with Crippen LogP contribution in [0, 0.1) is 0 Å². The van der Waals surface area contributed by atoms with Gasteiger partial charge in [-0.3, -0.25) is 14.3 Å². The van der Waals surface area contributed by atoms with Crippen molar-refractivity contribution in [1.82, 2.24) is 14.8 Å². The molecule has 0 saturated carbocycles. The lowest BCUT2D eigenvalue weighted by molar-refractivity contribution is -0.137. The van der Waals surface area contributed by atoms with Crippen LogP contribution >= 0.6 is 0 Å². The highest BCUT2D eigenvalue weighted by Crippen LogP contribution is 2.12. The van der Waals surface area contributed by atoms with Gasteiger partial charge in [0.15, 0.2) is 0 Å². The third kappa shape index (κ3) is 5.06. The Morgan fingerprint density at radius 1 is 1.29 bits per heavy atom. The molecule has 1 aromatic carbocycles. The highest BCUT2D eigenvalue weighted by atomic mass is 16.4. The molecule has 0 unspecified atom stereocenters. The van der Waals surface area contributed by atoms with Gasteiger partial charge in [-0.05, 0) is 24.1 Å². The largest absolute Gasteiger partial charge is 0.481 e. The Morgan fingerprint density at radius 2 is 2.14 bits per heavy atom. The third-order valence-electron chi connectivity index (χ3n) is 2.87. The number of amides is 1. The van der Waals surface area contributed by atoms with E-state index in [2.05, 4.69) is 15.4 Å². The van der Waals surface area contributed by atoms with Gasteiger partial charge < -0.3 is 10.4 Å². The molecule has 21 heavy (non-hydrogen) atoms. The van der Waals surface area contributed by atoms with Crippen LogP contribution in [0.5, 0.6) is 0 Å². The SMILES string of the molecule is O=C(O)CCc1cccc(NC(=O)CCn2cncn2)c1. The summed E-state index contributed by atoms with van der Waals surface area (Å²) < 4.78 is 1.59. The molecule has 0 radical (unpaired) electrons. The molecule has 0 saturated heterocycles. The van der Waals surface area contributed by atoms with Crippen molar-refractivity contribution in [2.75, 3.05) is 5.32 Å². The van der Waals surface area contributed by atoms with Crippen molar-refractivity contribution in [2.45, 2.75) is 25.8 Å². The monoisotopic (exact) mass is 288 g/mol. The molecule has 2 aromatic rings. The van der Waals surface area contributed by atoms with E-state index >= 15 is 0 Å². The van der Waals surface area contributed by atoms with Gasteiger partial charge in [-0.25, -0.2) is 4.98 Å². The molecule has 110 valence electrons. The van der Waals surface area contributed by atoms with E-state index in [0.717, 1.165) is 5.56 Å². The van der Waals surface area contributed by atoms with Crippen LogP contribution in [0.1, 0.15) is 18.4 Å². The number of aliphatic carboxylic acids is 1. The predicted molar refractivity (Wildman–Crippen MR) is 75.7 cm³/mol. The van der Waals surface area contributed by atoms with Crippen LogP contribution in [-0.4, -0.2) is 31.7 Å². The van der Waals surface area contributed by atoms with Crippen molar-refractivity contribution in [3.05, 3.63) is 42.5 Å². The predicted octanol–water partition coefficient (Wildman–Crippen LogP) is 1.32. The number of carboxylic acid groups (broad SMARTS) is 1. The molecule has 0 atom stereocenters. The van der Waals surface area contributed by atoms with Crippen LogP contribution in [0.15, 0.2) is 36.9 Å². The molecule has 2 rings (SSSR count). The fourth-order valence-corrected chi connectivity index (χ4v) is 1.84. The summed E-state index contributed by atoms with van der Waals surface area (Å²) in [4.78, 5) is 26.2. The molecule has 0 bridgehead atoms. The maximum absolute atomic E-state index is 11.8. The van der Waals surface area contributed by atoms with E-state index in [-0.39, 0.29) is 12.3 Å². The van der Waals surface area contributed by atoms with E-state index < -0.39 is 5.97 Å². The van der Waals surface area contributed by atoms with Crippen molar-refractivity contribution in [3.8, 4) is 0 Å². The highest BCUT2D eigenvalue weighted by molar-refractivity contribution is 5.90. The summed E-state index contributed by atoms with van der Waals surface area (Å²) in [6.45, 7) is 0.463. The second kappa shape index (κ2) is 7.18. The number of benzene rings is 1. The quantitative estimate of drug-likeness (QED) is 0.801. The molecule has 1 heterocycles.